The summed E-state index contributed by atoms with van der Waals surface area (Å²) < 4.78 is 12.8. The van der Waals surface area contributed by atoms with Crippen LogP contribution in [0.15, 0.2) is 24.4 Å². The zero-order chi connectivity index (χ0) is 17.0. The average molecular weight is 354 g/mol. The van der Waals surface area contributed by atoms with Gasteiger partial charge in [0.15, 0.2) is 0 Å². The summed E-state index contributed by atoms with van der Waals surface area (Å²) in [5.74, 6) is 0.686. The smallest absolute Gasteiger partial charge is 0.139 e. The molecular weight excluding hydrogens is 330 g/mol. The molecule has 0 atom stereocenters. The van der Waals surface area contributed by atoms with Gasteiger partial charge in [-0.2, -0.15) is 24.7 Å². The van der Waals surface area contributed by atoms with Gasteiger partial charge in [-0.15, -0.1) is 14.1 Å². The molecule has 1 heterocycles. The molecule has 0 fully saturated rings. The van der Waals surface area contributed by atoms with E-state index < -0.39 is 8.07 Å². The SMILES string of the molecule is COc1ccc(Cl)cc1-c1nn(COCC[Si-](C)(C)C)cc1N. The number of nitrogens with two attached hydrogens (primary N) is 1. The number of hydrogen-bond donors (Lipinski definition) is 1. The van der Waals surface area contributed by atoms with Crippen molar-refractivity contribution in [3.05, 3.63) is 29.4 Å². The van der Waals surface area contributed by atoms with Crippen LogP contribution < -0.4 is 10.5 Å². The second kappa shape index (κ2) is 7.38. The van der Waals surface area contributed by atoms with E-state index in [2.05, 4.69) is 24.7 Å². The number of ether oxygens (including phenoxy) is 2. The average Bonchev–Trinajstić information content (AvgIpc) is 2.83. The predicted molar refractivity (Wildman–Crippen MR) is 97.7 cm³/mol. The maximum Gasteiger partial charge on any atom is 0.139 e. The van der Waals surface area contributed by atoms with E-state index in [1.807, 2.05) is 0 Å². The lowest BCUT2D eigenvalue weighted by molar-refractivity contribution is 0.0788. The van der Waals surface area contributed by atoms with Crippen molar-refractivity contribution in [2.75, 3.05) is 19.5 Å². The van der Waals surface area contributed by atoms with Crippen LogP contribution >= 0.6 is 11.6 Å². The van der Waals surface area contributed by atoms with Crippen LogP contribution in [-0.2, 0) is 11.5 Å². The highest BCUT2D eigenvalue weighted by molar-refractivity contribution is 6.76. The van der Waals surface area contributed by atoms with Gasteiger partial charge in [0.2, 0.25) is 0 Å². The molecule has 127 valence electrons. The Morgan fingerprint density at radius 3 is 2.70 bits per heavy atom. The van der Waals surface area contributed by atoms with Gasteiger partial charge in [-0.1, -0.05) is 11.6 Å². The number of anilines is 1. The van der Waals surface area contributed by atoms with Crippen LogP contribution in [0, 0.1) is 0 Å². The predicted octanol–water partition coefficient (Wildman–Crippen LogP) is 4.11. The maximum absolute atomic E-state index is 6.09. The summed E-state index contributed by atoms with van der Waals surface area (Å²) in [5.41, 5.74) is 8.09. The molecule has 2 aromatic rings. The molecule has 0 aliphatic rings. The van der Waals surface area contributed by atoms with Crippen molar-refractivity contribution in [1.29, 1.82) is 0 Å². The molecule has 1 aromatic carbocycles. The first-order valence-corrected chi connectivity index (χ1v) is 11.6. The minimum atomic E-state index is -1.08. The van der Waals surface area contributed by atoms with Gasteiger partial charge in [0, 0.05) is 17.2 Å². The van der Waals surface area contributed by atoms with E-state index in [1.165, 1.54) is 0 Å². The Balaban J connectivity index is 2.11. The summed E-state index contributed by atoms with van der Waals surface area (Å²) in [6.45, 7) is 8.10. The summed E-state index contributed by atoms with van der Waals surface area (Å²) in [6.07, 6.45) is 1.77. The van der Waals surface area contributed by atoms with Crippen LogP contribution in [0.5, 0.6) is 5.75 Å². The Labute approximate surface area is 143 Å². The highest BCUT2D eigenvalue weighted by Gasteiger charge is 2.14. The van der Waals surface area contributed by atoms with Crippen LogP contribution in [0.3, 0.4) is 0 Å². The molecule has 5 nitrogen and oxygen atoms in total. The molecule has 0 aliphatic heterocycles. The second-order valence-electron chi connectivity index (χ2n) is 6.67. The maximum atomic E-state index is 6.09. The van der Waals surface area contributed by atoms with E-state index in [0.717, 1.165) is 18.2 Å². The van der Waals surface area contributed by atoms with Gasteiger partial charge < -0.3 is 15.2 Å². The molecule has 0 unspecified atom stereocenters. The first-order chi connectivity index (χ1) is 10.8. The summed E-state index contributed by atoms with van der Waals surface area (Å²) in [6, 6.07) is 6.51. The fourth-order valence-corrected chi connectivity index (χ4v) is 3.04. The van der Waals surface area contributed by atoms with Crippen molar-refractivity contribution in [1.82, 2.24) is 9.78 Å². The van der Waals surface area contributed by atoms with E-state index in [-0.39, 0.29) is 0 Å². The third-order valence-electron chi connectivity index (χ3n) is 3.43. The number of halogens is 1. The lowest BCUT2D eigenvalue weighted by atomic mass is 10.1. The van der Waals surface area contributed by atoms with Gasteiger partial charge in [0.05, 0.1) is 19.0 Å². The molecule has 2 rings (SSSR count). The van der Waals surface area contributed by atoms with Crippen LogP contribution in [0.4, 0.5) is 5.69 Å². The lowest BCUT2D eigenvalue weighted by Gasteiger charge is -2.26. The number of rotatable bonds is 7. The van der Waals surface area contributed by atoms with Crippen molar-refractivity contribution in [3.8, 4) is 17.0 Å². The Morgan fingerprint density at radius 2 is 2.04 bits per heavy atom. The van der Waals surface area contributed by atoms with Crippen molar-refractivity contribution in [2.24, 2.45) is 0 Å². The lowest BCUT2D eigenvalue weighted by Crippen LogP contribution is -2.22. The number of methoxy groups -OCH3 is 1. The van der Waals surface area contributed by atoms with Gasteiger partial charge >= 0.3 is 0 Å². The number of benzene rings is 1. The summed E-state index contributed by atoms with van der Waals surface area (Å²) >= 11 is 6.08. The highest BCUT2D eigenvalue weighted by atomic mass is 35.5. The standard InChI is InChI=1S/C16H24ClN3O2Si/c1-21-15-6-5-12(17)9-13(15)16-14(18)10-20(19-16)11-22-7-8-23(2,3)4/h5-6,9-10H,7-8,11,18H2,1-4H3/q-1. The molecule has 0 amide bonds. The number of nitrogen functional groups attached to an aromatic ring is 1. The van der Waals surface area contributed by atoms with E-state index in [9.17, 15) is 0 Å². The zero-order valence-electron chi connectivity index (χ0n) is 14.1. The largest absolute Gasteiger partial charge is 0.496 e. The quantitative estimate of drug-likeness (QED) is 0.601. The fraction of sp³-hybridized carbons (Fsp3) is 0.438. The normalized spacial score (nSPS) is 11.7. The Bertz CT molecular complexity index is 668. The number of hydrogen-bond acceptors (Lipinski definition) is 4. The monoisotopic (exact) mass is 353 g/mol. The first-order valence-electron chi connectivity index (χ1n) is 7.55. The number of aromatic nitrogens is 2. The van der Waals surface area contributed by atoms with Crippen molar-refractivity contribution < 1.29 is 9.47 Å². The van der Waals surface area contributed by atoms with E-state index in [0.29, 0.717) is 28.9 Å². The van der Waals surface area contributed by atoms with Gasteiger partial charge in [-0.05, 0) is 18.2 Å². The first kappa shape index (κ1) is 17.8. The highest BCUT2D eigenvalue weighted by Crippen LogP contribution is 2.34. The molecule has 0 saturated carbocycles. The Morgan fingerprint density at radius 1 is 1.30 bits per heavy atom. The van der Waals surface area contributed by atoms with Gasteiger partial charge in [0.1, 0.15) is 18.2 Å². The molecule has 0 saturated heterocycles. The van der Waals surface area contributed by atoms with Gasteiger partial charge in [0.25, 0.3) is 0 Å². The van der Waals surface area contributed by atoms with E-state index in [4.69, 9.17) is 26.8 Å². The zero-order valence-corrected chi connectivity index (χ0v) is 15.9. The van der Waals surface area contributed by atoms with Crippen LogP contribution in [0.2, 0.25) is 30.7 Å². The van der Waals surface area contributed by atoms with Crippen molar-refractivity contribution in [2.45, 2.75) is 32.4 Å². The van der Waals surface area contributed by atoms with Crippen molar-refractivity contribution >= 4 is 25.4 Å². The third kappa shape index (κ3) is 4.99. The molecule has 23 heavy (non-hydrogen) atoms. The number of nitrogens with zero attached hydrogens (tertiary/aromatic N) is 2. The second-order valence-corrected chi connectivity index (χ2v) is 12.7. The molecule has 0 bridgehead atoms. The molecule has 1 aromatic heterocycles. The van der Waals surface area contributed by atoms with Crippen molar-refractivity contribution in [3.63, 3.8) is 0 Å². The molecule has 0 radical (unpaired) electrons. The third-order valence-corrected chi connectivity index (χ3v) is 5.37. The molecule has 0 spiro atoms. The summed E-state index contributed by atoms with van der Waals surface area (Å²) in [4.78, 5) is 0. The Hall–Kier alpha value is -1.50. The van der Waals surface area contributed by atoms with E-state index >= 15 is 0 Å². The topological polar surface area (TPSA) is 62.3 Å². The molecule has 2 N–H and O–H groups in total. The van der Waals surface area contributed by atoms with Crippen LogP contribution in [0.1, 0.15) is 0 Å². The summed E-state index contributed by atoms with van der Waals surface area (Å²) in [7, 11) is 0.528. The summed E-state index contributed by atoms with van der Waals surface area (Å²) in [5, 5.41) is 5.12. The Kier molecular flexibility index (Phi) is 5.72. The minimum absolute atomic E-state index is 0.386. The van der Waals surface area contributed by atoms with E-state index in [1.54, 1.807) is 36.2 Å². The minimum Gasteiger partial charge on any atom is -0.496 e. The molecule has 7 heteroatoms. The van der Waals surface area contributed by atoms with Crippen LogP contribution in [0.25, 0.3) is 11.3 Å². The van der Waals surface area contributed by atoms with Crippen LogP contribution in [-0.4, -0.2) is 31.6 Å². The fourth-order valence-electron chi connectivity index (χ4n) is 2.11. The van der Waals surface area contributed by atoms with Gasteiger partial charge in [-0.25, -0.2) is 4.68 Å². The van der Waals surface area contributed by atoms with Gasteiger partial charge in [-0.3, -0.25) is 0 Å². The molecule has 0 aliphatic carbocycles. The molecular formula is C16H24ClN3O2Si-.